The average Bonchev–Trinajstić information content (AvgIpc) is 2.65. The van der Waals surface area contributed by atoms with E-state index in [4.69, 9.17) is 11.6 Å². The molecular weight excluding hydrogens is 348 g/mol. The zero-order chi connectivity index (χ0) is 18.5. The van der Waals surface area contributed by atoms with E-state index in [0.717, 1.165) is 24.0 Å². The number of urea groups is 1. The molecule has 3 rings (SSSR count). The largest absolute Gasteiger partial charge is 0.392 e. The van der Waals surface area contributed by atoms with Crippen LogP contribution in [0, 0.1) is 12.8 Å². The Balaban J connectivity index is 1.51. The lowest BCUT2D eigenvalue weighted by Gasteiger charge is -2.34. The van der Waals surface area contributed by atoms with Crippen LogP contribution in [0.25, 0.3) is 0 Å². The van der Waals surface area contributed by atoms with Crippen molar-refractivity contribution < 1.29 is 9.90 Å². The van der Waals surface area contributed by atoms with E-state index in [0.29, 0.717) is 30.2 Å². The molecule has 26 heavy (non-hydrogen) atoms. The van der Waals surface area contributed by atoms with Crippen molar-refractivity contribution in [3.63, 3.8) is 0 Å². The number of piperidine rings is 1. The lowest BCUT2D eigenvalue weighted by molar-refractivity contribution is 0.0689. The van der Waals surface area contributed by atoms with Gasteiger partial charge in [-0.3, -0.25) is 0 Å². The van der Waals surface area contributed by atoms with Gasteiger partial charge in [0.05, 0.1) is 16.8 Å². The van der Waals surface area contributed by atoms with Crippen molar-refractivity contribution in [2.24, 2.45) is 5.92 Å². The van der Waals surface area contributed by atoms with Crippen molar-refractivity contribution in [3.05, 3.63) is 64.7 Å². The molecule has 1 heterocycles. The number of halogens is 1. The number of nitrogens with zero attached hydrogens (tertiary/aromatic N) is 1. The second kappa shape index (κ2) is 8.56. The minimum absolute atomic E-state index is 0.131. The molecule has 0 bridgehead atoms. The van der Waals surface area contributed by atoms with Crippen LogP contribution in [0.15, 0.2) is 48.5 Å². The minimum Gasteiger partial charge on any atom is -0.392 e. The van der Waals surface area contributed by atoms with Crippen LogP contribution in [0.5, 0.6) is 0 Å². The van der Waals surface area contributed by atoms with Crippen molar-refractivity contribution in [1.82, 2.24) is 4.90 Å². The lowest BCUT2D eigenvalue weighted by Crippen LogP contribution is -2.43. The molecule has 2 N–H and O–H groups in total. The van der Waals surface area contributed by atoms with Gasteiger partial charge in [-0.05, 0) is 55.4 Å². The van der Waals surface area contributed by atoms with Crippen LogP contribution in [-0.4, -0.2) is 35.2 Å². The molecule has 5 heteroatoms. The average molecular weight is 373 g/mol. The SMILES string of the molecule is Cc1ccc(Cl)c(NC(=O)N2CCC([C@@H](O)Cc3ccccc3)CC2)c1. The third-order valence-electron chi connectivity index (χ3n) is 5.02. The van der Waals surface area contributed by atoms with Gasteiger partial charge in [-0.1, -0.05) is 48.0 Å². The maximum atomic E-state index is 12.5. The number of anilines is 1. The van der Waals surface area contributed by atoms with Crippen LogP contribution in [0.4, 0.5) is 10.5 Å². The first-order chi connectivity index (χ1) is 12.5. The predicted molar refractivity (Wildman–Crippen MR) is 106 cm³/mol. The summed E-state index contributed by atoms with van der Waals surface area (Å²) in [6.45, 7) is 3.25. The Kier molecular flexibility index (Phi) is 6.17. The van der Waals surface area contributed by atoms with Crippen molar-refractivity contribution in [3.8, 4) is 0 Å². The first-order valence-corrected chi connectivity index (χ1v) is 9.45. The minimum atomic E-state index is -0.367. The van der Waals surface area contributed by atoms with Gasteiger partial charge in [-0.2, -0.15) is 0 Å². The number of aryl methyl sites for hydroxylation is 1. The number of hydrogen-bond donors (Lipinski definition) is 2. The van der Waals surface area contributed by atoms with Crippen LogP contribution >= 0.6 is 11.6 Å². The van der Waals surface area contributed by atoms with Crippen LogP contribution in [0.2, 0.25) is 5.02 Å². The fourth-order valence-electron chi connectivity index (χ4n) is 3.44. The van der Waals surface area contributed by atoms with Gasteiger partial charge in [0.15, 0.2) is 0 Å². The molecule has 0 unspecified atom stereocenters. The van der Waals surface area contributed by atoms with Crippen LogP contribution in [-0.2, 0) is 6.42 Å². The summed E-state index contributed by atoms with van der Waals surface area (Å²) in [5, 5.41) is 14.0. The Morgan fingerprint density at radius 2 is 1.92 bits per heavy atom. The molecule has 2 amide bonds. The molecule has 2 aromatic carbocycles. The zero-order valence-electron chi connectivity index (χ0n) is 15.0. The summed E-state index contributed by atoms with van der Waals surface area (Å²) >= 11 is 6.15. The number of hydrogen-bond acceptors (Lipinski definition) is 2. The highest BCUT2D eigenvalue weighted by atomic mass is 35.5. The number of carbonyl (C=O) groups excluding carboxylic acids is 1. The van der Waals surface area contributed by atoms with E-state index in [-0.39, 0.29) is 18.1 Å². The standard InChI is InChI=1S/C21H25ClN2O2/c1-15-7-8-18(22)19(13-15)23-21(26)24-11-9-17(10-12-24)20(25)14-16-5-3-2-4-6-16/h2-8,13,17,20,25H,9-12,14H2,1H3,(H,23,26)/t20-/m0/s1. The monoisotopic (exact) mass is 372 g/mol. The molecule has 0 aromatic heterocycles. The molecule has 0 aliphatic carbocycles. The third kappa shape index (κ3) is 4.77. The summed E-state index contributed by atoms with van der Waals surface area (Å²) in [7, 11) is 0. The van der Waals surface area contributed by atoms with Crippen molar-refractivity contribution >= 4 is 23.3 Å². The number of aliphatic hydroxyl groups is 1. The highest BCUT2D eigenvalue weighted by molar-refractivity contribution is 6.33. The summed E-state index contributed by atoms with van der Waals surface area (Å²) in [4.78, 5) is 14.3. The summed E-state index contributed by atoms with van der Waals surface area (Å²) in [5.41, 5.74) is 2.84. The third-order valence-corrected chi connectivity index (χ3v) is 5.35. The first-order valence-electron chi connectivity index (χ1n) is 9.07. The Morgan fingerprint density at radius 3 is 2.62 bits per heavy atom. The van der Waals surface area contributed by atoms with Crippen molar-refractivity contribution in [2.45, 2.75) is 32.3 Å². The number of carbonyl (C=O) groups is 1. The van der Waals surface area contributed by atoms with E-state index < -0.39 is 0 Å². The highest BCUT2D eigenvalue weighted by Gasteiger charge is 2.27. The molecule has 4 nitrogen and oxygen atoms in total. The van der Waals surface area contributed by atoms with Crippen LogP contribution < -0.4 is 5.32 Å². The molecule has 0 spiro atoms. The number of aliphatic hydroxyl groups excluding tert-OH is 1. The smallest absolute Gasteiger partial charge is 0.321 e. The Bertz CT molecular complexity index is 743. The summed E-state index contributed by atoms with van der Waals surface area (Å²) < 4.78 is 0. The van der Waals surface area contributed by atoms with Gasteiger partial charge in [-0.25, -0.2) is 4.79 Å². The molecule has 0 saturated carbocycles. The fraction of sp³-hybridized carbons (Fsp3) is 0.381. The predicted octanol–water partition coefficient (Wildman–Crippen LogP) is 4.50. The summed E-state index contributed by atoms with van der Waals surface area (Å²) in [6, 6.07) is 15.5. The summed E-state index contributed by atoms with van der Waals surface area (Å²) in [6.07, 6.45) is 1.91. The van der Waals surface area contributed by atoms with Gasteiger partial charge < -0.3 is 15.3 Å². The zero-order valence-corrected chi connectivity index (χ0v) is 15.7. The fourth-order valence-corrected chi connectivity index (χ4v) is 3.60. The van der Waals surface area contributed by atoms with Crippen molar-refractivity contribution in [1.29, 1.82) is 0 Å². The number of amides is 2. The maximum absolute atomic E-state index is 12.5. The van der Waals surface area contributed by atoms with Crippen LogP contribution in [0.1, 0.15) is 24.0 Å². The molecular formula is C21H25ClN2O2. The molecule has 2 aromatic rings. The Morgan fingerprint density at radius 1 is 1.23 bits per heavy atom. The Hall–Kier alpha value is -2.04. The van der Waals surface area contributed by atoms with E-state index in [1.807, 2.05) is 49.4 Å². The lowest BCUT2D eigenvalue weighted by atomic mass is 9.88. The number of benzene rings is 2. The molecule has 138 valence electrons. The van der Waals surface area contributed by atoms with Gasteiger partial charge in [-0.15, -0.1) is 0 Å². The molecule has 1 saturated heterocycles. The van der Waals surface area contributed by atoms with E-state index in [1.165, 1.54) is 0 Å². The summed E-state index contributed by atoms with van der Waals surface area (Å²) in [5.74, 6) is 0.224. The van der Waals surface area contributed by atoms with Gasteiger partial charge in [0, 0.05) is 13.1 Å². The van der Waals surface area contributed by atoms with Gasteiger partial charge >= 0.3 is 6.03 Å². The number of likely N-dealkylation sites (tertiary alicyclic amines) is 1. The molecule has 0 radical (unpaired) electrons. The van der Waals surface area contributed by atoms with E-state index >= 15 is 0 Å². The van der Waals surface area contributed by atoms with E-state index in [2.05, 4.69) is 5.32 Å². The van der Waals surface area contributed by atoms with Crippen LogP contribution in [0.3, 0.4) is 0 Å². The van der Waals surface area contributed by atoms with E-state index in [9.17, 15) is 9.90 Å². The number of nitrogens with one attached hydrogen (secondary N) is 1. The highest BCUT2D eigenvalue weighted by Crippen LogP contribution is 2.26. The first kappa shape index (κ1) is 18.7. The normalized spacial score (nSPS) is 16.3. The second-order valence-electron chi connectivity index (χ2n) is 7.00. The number of rotatable bonds is 4. The topological polar surface area (TPSA) is 52.6 Å². The second-order valence-corrected chi connectivity index (χ2v) is 7.40. The quantitative estimate of drug-likeness (QED) is 0.830. The van der Waals surface area contributed by atoms with E-state index in [1.54, 1.807) is 11.0 Å². The van der Waals surface area contributed by atoms with Gasteiger partial charge in [0.2, 0.25) is 0 Å². The van der Waals surface area contributed by atoms with Gasteiger partial charge in [0.25, 0.3) is 0 Å². The molecule has 1 atom stereocenters. The molecule has 1 fully saturated rings. The maximum Gasteiger partial charge on any atom is 0.321 e. The van der Waals surface area contributed by atoms with Crippen molar-refractivity contribution in [2.75, 3.05) is 18.4 Å². The molecule has 1 aliphatic rings. The van der Waals surface area contributed by atoms with Gasteiger partial charge in [0.1, 0.15) is 0 Å². The molecule has 1 aliphatic heterocycles. The Labute approximate surface area is 159 Å².